The smallest absolute Gasteiger partial charge is 0.293 e. The summed E-state index contributed by atoms with van der Waals surface area (Å²) in [5.41, 5.74) is 1.32. The van der Waals surface area contributed by atoms with Crippen molar-refractivity contribution in [3.05, 3.63) is 65.1 Å². The van der Waals surface area contributed by atoms with Gasteiger partial charge in [-0.25, -0.2) is 13.4 Å². The summed E-state index contributed by atoms with van der Waals surface area (Å²) < 4.78 is 30.3. The fraction of sp³-hybridized carbons (Fsp3) is 0.222. The van der Waals surface area contributed by atoms with Crippen molar-refractivity contribution < 1.29 is 17.6 Å². The molecule has 3 aromatic rings. The largest absolute Gasteiger partial charge is 0.459 e. The van der Waals surface area contributed by atoms with E-state index in [9.17, 15) is 13.2 Å². The van der Waals surface area contributed by atoms with Crippen LogP contribution < -0.4 is 5.32 Å². The molecule has 1 aliphatic carbocycles. The molecule has 4 rings (SSSR count). The van der Waals surface area contributed by atoms with Gasteiger partial charge in [0.25, 0.3) is 5.91 Å². The fourth-order valence-corrected chi connectivity index (χ4v) is 4.79. The molecule has 1 aromatic carbocycles. The third-order valence-electron chi connectivity index (χ3n) is 4.14. The zero-order valence-corrected chi connectivity index (χ0v) is 15.3. The Bertz CT molecular complexity index is 1030. The van der Waals surface area contributed by atoms with Crippen LogP contribution in [0.4, 0.5) is 5.13 Å². The van der Waals surface area contributed by atoms with Crippen molar-refractivity contribution in [2.24, 2.45) is 0 Å². The summed E-state index contributed by atoms with van der Waals surface area (Å²) in [5, 5.41) is 5.12. The number of aromatic nitrogens is 1. The molecule has 1 saturated carbocycles. The standard InChI is InChI=1S/C18H16N2O4S2/c21-17(20-18-19-15(10-25-18)12-6-7-12)16-13(8-9-24-16)11-26(22,23)14-4-2-1-3-5-14/h1-5,8-10,12H,6-7,11H2,(H,19,20,21). The van der Waals surface area contributed by atoms with Crippen molar-refractivity contribution in [3.8, 4) is 0 Å². The maximum absolute atomic E-state index is 12.5. The van der Waals surface area contributed by atoms with Crippen LogP contribution in [0.3, 0.4) is 0 Å². The van der Waals surface area contributed by atoms with E-state index in [4.69, 9.17) is 4.42 Å². The van der Waals surface area contributed by atoms with Gasteiger partial charge in [-0.2, -0.15) is 0 Å². The maximum atomic E-state index is 12.5. The van der Waals surface area contributed by atoms with Gasteiger partial charge in [-0.15, -0.1) is 11.3 Å². The zero-order valence-electron chi connectivity index (χ0n) is 13.7. The van der Waals surface area contributed by atoms with Crippen LogP contribution in [0, 0.1) is 0 Å². The summed E-state index contributed by atoms with van der Waals surface area (Å²) in [5.74, 6) is -0.300. The van der Waals surface area contributed by atoms with E-state index in [1.807, 2.05) is 5.38 Å². The number of amides is 1. The average molecular weight is 388 g/mol. The minimum Gasteiger partial charge on any atom is -0.459 e. The molecule has 6 nitrogen and oxygen atoms in total. The van der Waals surface area contributed by atoms with Crippen molar-refractivity contribution in [2.75, 3.05) is 5.32 Å². The monoisotopic (exact) mass is 388 g/mol. The Morgan fingerprint density at radius 2 is 2.00 bits per heavy atom. The lowest BCUT2D eigenvalue weighted by atomic mass is 10.3. The molecule has 0 radical (unpaired) electrons. The van der Waals surface area contributed by atoms with Gasteiger partial charge in [0.15, 0.2) is 20.7 Å². The second kappa shape index (κ2) is 6.69. The van der Waals surface area contributed by atoms with Crippen molar-refractivity contribution in [1.82, 2.24) is 4.98 Å². The number of anilines is 1. The number of nitrogens with one attached hydrogen (secondary N) is 1. The van der Waals surface area contributed by atoms with Gasteiger partial charge in [-0.05, 0) is 31.0 Å². The Balaban J connectivity index is 1.51. The van der Waals surface area contributed by atoms with E-state index in [1.54, 1.807) is 18.2 Å². The maximum Gasteiger partial charge on any atom is 0.293 e. The van der Waals surface area contributed by atoms with Crippen LogP contribution in [0.5, 0.6) is 0 Å². The van der Waals surface area contributed by atoms with E-state index < -0.39 is 15.7 Å². The van der Waals surface area contributed by atoms with Crippen LogP contribution in [0.2, 0.25) is 0 Å². The third kappa shape index (κ3) is 3.56. The van der Waals surface area contributed by atoms with Crippen LogP contribution in [-0.4, -0.2) is 19.3 Å². The lowest BCUT2D eigenvalue weighted by Crippen LogP contribution is -2.14. The third-order valence-corrected chi connectivity index (χ3v) is 6.60. The van der Waals surface area contributed by atoms with E-state index in [0.29, 0.717) is 16.6 Å². The SMILES string of the molecule is O=C(Nc1nc(C2CC2)cs1)c1occc1CS(=O)(=O)c1ccccc1. The molecule has 1 N–H and O–H groups in total. The van der Waals surface area contributed by atoms with E-state index in [-0.39, 0.29) is 16.4 Å². The quantitative estimate of drug-likeness (QED) is 0.693. The number of carbonyl (C=O) groups excluding carboxylic acids is 1. The molecule has 0 unspecified atom stereocenters. The minimum atomic E-state index is -3.56. The number of carbonyl (C=O) groups is 1. The first-order valence-electron chi connectivity index (χ1n) is 8.14. The summed E-state index contributed by atoms with van der Waals surface area (Å²) >= 11 is 1.36. The van der Waals surface area contributed by atoms with E-state index in [0.717, 1.165) is 18.5 Å². The number of benzene rings is 1. The van der Waals surface area contributed by atoms with Crippen molar-refractivity contribution in [2.45, 2.75) is 29.4 Å². The van der Waals surface area contributed by atoms with Gasteiger partial charge in [0.2, 0.25) is 0 Å². The molecular formula is C18H16N2O4S2. The van der Waals surface area contributed by atoms with E-state index in [1.165, 1.54) is 35.8 Å². The number of nitrogens with zero attached hydrogens (tertiary/aromatic N) is 1. The number of thiazole rings is 1. The summed E-state index contributed by atoms with van der Waals surface area (Å²) in [6.45, 7) is 0. The normalized spacial score (nSPS) is 14.3. The van der Waals surface area contributed by atoms with Gasteiger partial charge in [-0.3, -0.25) is 10.1 Å². The molecule has 0 aliphatic heterocycles. The molecule has 0 spiro atoms. The highest BCUT2D eigenvalue weighted by Crippen LogP contribution is 2.40. The summed E-state index contributed by atoms with van der Waals surface area (Å²) in [7, 11) is -3.56. The summed E-state index contributed by atoms with van der Waals surface area (Å²) in [6, 6.07) is 9.65. The van der Waals surface area contributed by atoms with Crippen LogP contribution in [0.15, 0.2) is 57.4 Å². The Labute approximate surface area is 154 Å². The molecule has 8 heteroatoms. The van der Waals surface area contributed by atoms with Crippen LogP contribution in [0.25, 0.3) is 0 Å². The van der Waals surface area contributed by atoms with Crippen molar-refractivity contribution >= 4 is 32.2 Å². The summed E-state index contributed by atoms with van der Waals surface area (Å²) in [6.07, 6.45) is 3.59. The van der Waals surface area contributed by atoms with Gasteiger partial charge >= 0.3 is 0 Å². The zero-order chi connectivity index (χ0) is 18.1. The fourth-order valence-electron chi connectivity index (χ4n) is 2.63. The molecule has 26 heavy (non-hydrogen) atoms. The van der Waals surface area contributed by atoms with Gasteiger partial charge in [0, 0.05) is 16.9 Å². The molecule has 1 aliphatic rings. The number of hydrogen-bond acceptors (Lipinski definition) is 6. The lowest BCUT2D eigenvalue weighted by Gasteiger charge is -2.05. The Morgan fingerprint density at radius 3 is 2.73 bits per heavy atom. The topological polar surface area (TPSA) is 89.3 Å². The first kappa shape index (κ1) is 17.0. The summed E-state index contributed by atoms with van der Waals surface area (Å²) in [4.78, 5) is 17.1. The Kier molecular flexibility index (Phi) is 4.37. The molecule has 2 heterocycles. The first-order chi connectivity index (χ1) is 12.5. The molecule has 2 aromatic heterocycles. The van der Waals surface area contributed by atoms with Gasteiger partial charge < -0.3 is 4.42 Å². The lowest BCUT2D eigenvalue weighted by molar-refractivity contribution is 0.0995. The second-order valence-electron chi connectivity index (χ2n) is 6.15. The molecule has 1 fully saturated rings. The number of furan rings is 1. The van der Waals surface area contributed by atoms with Gasteiger partial charge in [-0.1, -0.05) is 18.2 Å². The Morgan fingerprint density at radius 1 is 1.23 bits per heavy atom. The van der Waals surface area contributed by atoms with Crippen LogP contribution >= 0.6 is 11.3 Å². The average Bonchev–Trinajstić information content (AvgIpc) is 3.21. The van der Waals surface area contributed by atoms with Crippen LogP contribution in [-0.2, 0) is 15.6 Å². The molecule has 0 saturated heterocycles. The van der Waals surface area contributed by atoms with Crippen LogP contribution in [0.1, 0.15) is 40.6 Å². The highest BCUT2D eigenvalue weighted by atomic mass is 32.2. The highest BCUT2D eigenvalue weighted by molar-refractivity contribution is 7.90. The molecule has 1 amide bonds. The highest BCUT2D eigenvalue weighted by Gasteiger charge is 2.27. The minimum absolute atomic E-state index is 0.00678. The first-order valence-corrected chi connectivity index (χ1v) is 10.7. The van der Waals surface area contributed by atoms with Gasteiger partial charge in [0.1, 0.15) is 0 Å². The van der Waals surface area contributed by atoms with Crippen molar-refractivity contribution in [1.29, 1.82) is 0 Å². The van der Waals surface area contributed by atoms with Crippen molar-refractivity contribution in [3.63, 3.8) is 0 Å². The van der Waals surface area contributed by atoms with E-state index in [2.05, 4.69) is 10.3 Å². The van der Waals surface area contributed by atoms with E-state index >= 15 is 0 Å². The Hall–Kier alpha value is -2.45. The van der Waals surface area contributed by atoms with Gasteiger partial charge in [0.05, 0.1) is 22.6 Å². The second-order valence-corrected chi connectivity index (χ2v) is 9.00. The predicted molar refractivity (Wildman–Crippen MR) is 98.1 cm³/mol. The molecule has 0 atom stereocenters. The number of rotatable bonds is 6. The molecule has 0 bridgehead atoms. The predicted octanol–water partition coefficient (Wildman–Crippen LogP) is 3.84. The molecular weight excluding hydrogens is 372 g/mol. The number of hydrogen-bond donors (Lipinski definition) is 1. The molecule has 134 valence electrons. The number of sulfone groups is 1.